The molecule has 0 bridgehead atoms. The number of piperazine rings is 1. The molecule has 7 heteroatoms. The zero-order valence-electron chi connectivity index (χ0n) is 9.68. The zero-order chi connectivity index (χ0) is 13.3. The van der Waals surface area contributed by atoms with E-state index in [-0.39, 0.29) is 12.3 Å². The number of carbonyl (C=O) groups excluding carboxylic acids is 3. The first-order valence-corrected chi connectivity index (χ1v) is 6.93. The van der Waals surface area contributed by atoms with Gasteiger partial charge in [-0.25, -0.2) is 0 Å². The number of halogens is 1. The van der Waals surface area contributed by atoms with Crippen molar-refractivity contribution in [1.29, 1.82) is 0 Å². The van der Waals surface area contributed by atoms with E-state index in [2.05, 4.69) is 15.9 Å². The van der Waals surface area contributed by atoms with Crippen molar-refractivity contribution < 1.29 is 14.4 Å². The van der Waals surface area contributed by atoms with Gasteiger partial charge >= 0.3 is 11.8 Å². The van der Waals surface area contributed by atoms with E-state index in [1.54, 1.807) is 19.2 Å². The highest BCUT2D eigenvalue weighted by Gasteiger charge is 2.31. The van der Waals surface area contributed by atoms with Gasteiger partial charge in [0.15, 0.2) is 5.78 Å². The quantitative estimate of drug-likeness (QED) is 0.613. The van der Waals surface area contributed by atoms with Crippen LogP contribution in [0.2, 0.25) is 0 Å². The number of hydrogen-bond acceptors (Lipinski definition) is 4. The second-order valence-corrected chi connectivity index (χ2v) is 6.44. The van der Waals surface area contributed by atoms with E-state index < -0.39 is 11.8 Å². The lowest BCUT2D eigenvalue weighted by atomic mass is 10.2. The van der Waals surface area contributed by atoms with Crippen LogP contribution in [-0.2, 0) is 9.59 Å². The summed E-state index contributed by atoms with van der Waals surface area (Å²) >= 11 is 4.60. The van der Waals surface area contributed by atoms with Crippen molar-refractivity contribution in [2.75, 3.05) is 26.7 Å². The van der Waals surface area contributed by atoms with Gasteiger partial charge < -0.3 is 9.80 Å². The van der Waals surface area contributed by atoms with Gasteiger partial charge in [0.1, 0.15) is 0 Å². The van der Waals surface area contributed by atoms with Gasteiger partial charge in [-0.3, -0.25) is 14.4 Å². The molecule has 2 amide bonds. The van der Waals surface area contributed by atoms with E-state index in [9.17, 15) is 14.4 Å². The number of hydrogen-bond donors (Lipinski definition) is 0. The number of likely N-dealkylation sites (N-methyl/N-ethyl adjacent to an activating group) is 1. The molecule has 1 aliphatic heterocycles. The van der Waals surface area contributed by atoms with Crippen LogP contribution in [0.1, 0.15) is 9.67 Å². The minimum atomic E-state index is -0.604. The van der Waals surface area contributed by atoms with Crippen molar-refractivity contribution >= 4 is 44.9 Å². The van der Waals surface area contributed by atoms with Crippen molar-refractivity contribution in [2.24, 2.45) is 0 Å². The highest BCUT2D eigenvalue weighted by Crippen LogP contribution is 2.22. The Labute approximate surface area is 116 Å². The molecule has 1 saturated heterocycles. The molecule has 0 saturated carbocycles. The standard InChI is InChI=1S/C11H11BrN2O3S/c1-13-4-5-14(11(17)10(13)16)6-7(15)8-2-3-9(12)18-8/h2-3H,4-6H2,1H3. The second-order valence-electron chi connectivity index (χ2n) is 3.98. The van der Waals surface area contributed by atoms with E-state index >= 15 is 0 Å². The van der Waals surface area contributed by atoms with Crippen molar-refractivity contribution in [2.45, 2.75) is 0 Å². The molecular formula is C11H11BrN2O3S. The van der Waals surface area contributed by atoms with Gasteiger partial charge in [-0.05, 0) is 28.1 Å². The monoisotopic (exact) mass is 330 g/mol. The topological polar surface area (TPSA) is 57.7 Å². The molecule has 1 aliphatic rings. The van der Waals surface area contributed by atoms with Gasteiger partial charge in [0.05, 0.1) is 15.2 Å². The summed E-state index contributed by atoms with van der Waals surface area (Å²) in [7, 11) is 1.58. The highest BCUT2D eigenvalue weighted by atomic mass is 79.9. The maximum absolute atomic E-state index is 11.9. The first-order chi connectivity index (χ1) is 8.49. The molecule has 96 valence electrons. The molecule has 2 rings (SSSR count). The van der Waals surface area contributed by atoms with Crippen LogP contribution in [0.3, 0.4) is 0 Å². The molecule has 0 aromatic carbocycles. The Morgan fingerprint density at radius 2 is 2.06 bits per heavy atom. The van der Waals surface area contributed by atoms with Gasteiger partial charge in [0.2, 0.25) is 0 Å². The van der Waals surface area contributed by atoms with Crippen LogP contribution in [0.5, 0.6) is 0 Å². The first-order valence-electron chi connectivity index (χ1n) is 5.32. The van der Waals surface area contributed by atoms with Crippen LogP contribution >= 0.6 is 27.3 Å². The minimum absolute atomic E-state index is 0.0363. The molecule has 1 aromatic rings. The Morgan fingerprint density at radius 3 is 2.67 bits per heavy atom. The van der Waals surface area contributed by atoms with E-state index in [1.165, 1.54) is 21.1 Å². The summed E-state index contributed by atoms with van der Waals surface area (Å²) in [5.74, 6) is -1.30. The summed E-state index contributed by atoms with van der Waals surface area (Å²) in [5, 5.41) is 0. The predicted octanol–water partition coefficient (Wildman–Crippen LogP) is 0.994. The first kappa shape index (κ1) is 13.2. The van der Waals surface area contributed by atoms with Crippen LogP contribution in [-0.4, -0.2) is 54.1 Å². The molecule has 1 aromatic heterocycles. The van der Waals surface area contributed by atoms with Gasteiger partial charge in [0.25, 0.3) is 0 Å². The third-order valence-corrected chi connectivity index (χ3v) is 4.37. The molecule has 0 spiro atoms. The minimum Gasteiger partial charge on any atom is -0.336 e. The van der Waals surface area contributed by atoms with Crippen LogP contribution in [0.4, 0.5) is 0 Å². The van der Waals surface area contributed by atoms with Crippen molar-refractivity contribution in [1.82, 2.24) is 9.80 Å². The van der Waals surface area contributed by atoms with Crippen LogP contribution in [0.15, 0.2) is 15.9 Å². The number of rotatable bonds is 3. The number of carbonyl (C=O) groups is 3. The molecule has 0 atom stereocenters. The molecular weight excluding hydrogens is 320 g/mol. The Kier molecular flexibility index (Phi) is 3.82. The summed E-state index contributed by atoms with van der Waals surface area (Å²) in [4.78, 5) is 38.3. The van der Waals surface area contributed by atoms with Gasteiger partial charge in [-0.15, -0.1) is 11.3 Å². The molecule has 0 unspecified atom stereocenters. The van der Waals surface area contributed by atoms with Crippen LogP contribution in [0, 0.1) is 0 Å². The smallest absolute Gasteiger partial charge is 0.312 e. The number of Topliss-reactive ketones (excluding diaryl/α,β-unsaturated/α-hetero) is 1. The number of ketones is 1. The van der Waals surface area contributed by atoms with E-state index in [0.717, 1.165) is 3.79 Å². The van der Waals surface area contributed by atoms with Crippen molar-refractivity contribution in [3.8, 4) is 0 Å². The number of nitrogens with zero attached hydrogens (tertiary/aromatic N) is 2. The highest BCUT2D eigenvalue weighted by molar-refractivity contribution is 9.11. The molecule has 0 N–H and O–H groups in total. The Balaban J connectivity index is 2.04. The maximum Gasteiger partial charge on any atom is 0.312 e. The summed E-state index contributed by atoms with van der Waals surface area (Å²) in [6.07, 6.45) is 0. The fraction of sp³-hybridized carbons (Fsp3) is 0.364. The van der Waals surface area contributed by atoms with Crippen LogP contribution < -0.4 is 0 Å². The summed E-state index contributed by atoms with van der Waals surface area (Å²) in [5.41, 5.74) is 0. The third kappa shape index (κ3) is 2.62. The lowest BCUT2D eigenvalue weighted by Gasteiger charge is -2.30. The molecule has 5 nitrogen and oxygen atoms in total. The Bertz CT molecular complexity index is 514. The van der Waals surface area contributed by atoms with Gasteiger partial charge in [-0.1, -0.05) is 0 Å². The van der Waals surface area contributed by atoms with Gasteiger partial charge in [-0.2, -0.15) is 0 Å². The lowest BCUT2D eigenvalue weighted by molar-refractivity contribution is -0.154. The fourth-order valence-electron chi connectivity index (χ4n) is 1.64. The lowest BCUT2D eigenvalue weighted by Crippen LogP contribution is -2.53. The average molecular weight is 331 g/mol. The summed E-state index contributed by atoms with van der Waals surface area (Å²) in [6, 6.07) is 3.49. The van der Waals surface area contributed by atoms with Crippen molar-refractivity contribution in [3.05, 3.63) is 20.8 Å². The number of thiophene rings is 1. The van der Waals surface area contributed by atoms with E-state index in [4.69, 9.17) is 0 Å². The van der Waals surface area contributed by atoms with Crippen molar-refractivity contribution in [3.63, 3.8) is 0 Å². The Morgan fingerprint density at radius 1 is 1.33 bits per heavy atom. The predicted molar refractivity (Wildman–Crippen MR) is 70.6 cm³/mol. The maximum atomic E-state index is 11.9. The summed E-state index contributed by atoms with van der Waals surface area (Å²) in [6.45, 7) is 0.830. The third-order valence-electron chi connectivity index (χ3n) is 2.70. The normalized spacial score (nSPS) is 16.3. The number of amides is 2. The van der Waals surface area contributed by atoms with E-state index in [0.29, 0.717) is 18.0 Å². The second kappa shape index (κ2) is 5.19. The van der Waals surface area contributed by atoms with Crippen LogP contribution in [0.25, 0.3) is 0 Å². The average Bonchev–Trinajstić information content (AvgIpc) is 2.77. The van der Waals surface area contributed by atoms with Gasteiger partial charge in [0, 0.05) is 20.1 Å². The molecule has 1 fully saturated rings. The zero-order valence-corrected chi connectivity index (χ0v) is 12.1. The molecule has 18 heavy (non-hydrogen) atoms. The molecule has 0 radical (unpaired) electrons. The largest absolute Gasteiger partial charge is 0.336 e. The Hall–Kier alpha value is -1.21. The summed E-state index contributed by atoms with van der Waals surface area (Å²) < 4.78 is 0.867. The SMILES string of the molecule is CN1CCN(CC(=O)c2ccc(Br)s2)C(=O)C1=O. The molecule has 0 aliphatic carbocycles. The molecule has 2 heterocycles. The van der Waals surface area contributed by atoms with E-state index in [1.807, 2.05) is 0 Å². The fourth-order valence-corrected chi connectivity index (χ4v) is 2.95.